The van der Waals surface area contributed by atoms with Crippen LogP contribution in [0.25, 0.3) is 0 Å². The summed E-state index contributed by atoms with van der Waals surface area (Å²) in [4.78, 5) is 0.170. The zero-order valence-electron chi connectivity index (χ0n) is 14.2. The molecule has 0 spiro atoms. The molecule has 0 aliphatic heterocycles. The van der Waals surface area contributed by atoms with E-state index in [4.69, 9.17) is 11.6 Å². The summed E-state index contributed by atoms with van der Waals surface area (Å²) >= 11 is 5.80. The van der Waals surface area contributed by atoms with Crippen LogP contribution in [-0.4, -0.2) is 8.42 Å². The predicted molar refractivity (Wildman–Crippen MR) is 107 cm³/mol. The van der Waals surface area contributed by atoms with Gasteiger partial charge in [0.2, 0.25) is 0 Å². The lowest BCUT2D eigenvalue weighted by molar-refractivity contribution is 0.601. The molecule has 0 fully saturated rings. The number of nitrogens with one attached hydrogen (secondary N) is 2. The quantitative estimate of drug-likeness (QED) is 0.622. The maximum absolute atomic E-state index is 12.4. The van der Waals surface area contributed by atoms with Crippen molar-refractivity contribution in [3.8, 4) is 0 Å². The van der Waals surface area contributed by atoms with Crippen LogP contribution in [0.5, 0.6) is 0 Å². The number of anilines is 2. The molecule has 3 aromatic rings. The van der Waals surface area contributed by atoms with E-state index in [0.29, 0.717) is 17.3 Å². The third-order valence-corrected chi connectivity index (χ3v) is 5.65. The van der Waals surface area contributed by atoms with E-state index in [9.17, 15) is 8.42 Å². The molecule has 134 valence electrons. The fraction of sp³-hybridized carbons (Fsp3) is 0.100. The normalized spacial score (nSPS) is 11.2. The molecule has 0 bridgehead atoms. The summed E-state index contributed by atoms with van der Waals surface area (Å²) in [5.74, 6) is 0. The number of hydrogen-bond donors (Lipinski definition) is 2. The van der Waals surface area contributed by atoms with Crippen LogP contribution in [-0.2, 0) is 16.6 Å². The number of benzene rings is 3. The third-order valence-electron chi connectivity index (χ3n) is 4.01. The van der Waals surface area contributed by atoms with Crippen LogP contribution in [0.1, 0.15) is 11.1 Å². The Hall–Kier alpha value is -2.50. The van der Waals surface area contributed by atoms with Crippen molar-refractivity contribution in [1.29, 1.82) is 0 Å². The van der Waals surface area contributed by atoms with E-state index in [1.54, 1.807) is 24.3 Å². The van der Waals surface area contributed by atoms with Gasteiger partial charge in [-0.25, -0.2) is 8.42 Å². The first-order valence-corrected chi connectivity index (χ1v) is 9.97. The summed E-state index contributed by atoms with van der Waals surface area (Å²) < 4.78 is 27.3. The van der Waals surface area contributed by atoms with Crippen LogP contribution in [0, 0.1) is 6.92 Å². The molecule has 0 radical (unpaired) electrons. The van der Waals surface area contributed by atoms with Crippen LogP contribution in [0.4, 0.5) is 11.4 Å². The highest BCUT2D eigenvalue weighted by Crippen LogP contribution is 2.20. The molecule has 0 atom stereocenters. The molecule has 3 rings (SSSR count). The van der Waals surface area contributed by atoms with Crippen molar-refractivity contribution in [2.45, 2.75) is 18.4 Å². The number of aryl methyl sites for hydroxylation is 1. The average molecular weight is 387 g/mol. The van der Waals surface area contributed by atoms with E-state index in [0.717, 1.165) is 5.69 Å². The molecular formula is C20H19ClN2O2S. The van der Waals surface area contributed by atoms with Crippen LogP contribution in [0.3, 0.4) is 0 Å². The molecule has 0 saturated heterocycles. The summed E-state index contributed by atoms with van der Waals surface area (Å²) in [7, 11) is -3.63. The first-order valence-electron chi connectivity index (χ1n) is 8.11. The molecule has 26 heavy (non-hydrogen) atoms. The molecule has 0 aliphatic rings. The number of rotatable bonds is 6. The van der Waals surface area contributed by atoms with Crippen LogP contribution in [0.2, 0.25) is 5.02 Å². The SMILES string of the molecule is Cc1ccccc1CNc1ccc(NS(=O)(=O)c2ccc(Cl)cc2)cc1. The Morgan fingerprint density at radius 3 is 2.12 bits per heavy atom. The van der Waals surface area contributed by atoms with Gasteiger partial charge in [-0.1, -0.05) is 35.9 Å². The Morgan fingerprint density at radius 1 is 0.846 bits per heavy atom. The molecule has 3 aromatic carbocycles. The Bertz CT molecular complexity index is 985. The molecule has 4 nitrogen and oxygen atoms in total. The summed E-state index contributed by atoms with van der Waals surface area (Å²) in [6.07, 6.45) is 0. The molecule has 0 amide bonds. The average Bonchev–Trinajstić information content (AvgIpc) is 2.62. The highest BCUT2D eigenvalue weighted by molar-refractivity contribution is 7.92. The lowest BCUT2D eigenvalue weighted by Gasteiger charge is -2.11. The van der Waals surface area contributed by atoms with Crippen molar-refractivity contribution in [3.63, 3.8) is 0 Å². The first-order chi connectivity index (χ1) is 12.4. The summed E-state index contributed by atoms with van der Waals surface area (Å²) in [6, 6.07) is 21.4. The van der Waals surface area contributed by atoms with Gasteiger partial charge in [0.1, 0.15) is 0 Å². The summed E-state index contributed by atoms with van der Waals surface area (Å²) in [5.41, 5.74) is 3.87. The van der Waals surface area contributed by atoms with Gasteiger partial charge in [-0.15, -0.1) is 0 Å². The minimum atomic E-state index is -3.63. The largest absolute Gasteiger partial charge is 0.381 e. The van der Waals surface area contributed by atoms with E-state index < -0.39 is 10.0 Å². The Balaban J connectivity index is 1.66. The molecular weight excluding hydrogens is 368 g/mol. The second-order valence-electron chi connectivity index (χ2n) is 5.92. The first kappa shape index (κ1) is 18.3. The van der Waals surface area contributed by atoms with Crippen LogP contribution < -0.4 is 10.0 Å². The second kappa shape index (κ2) is 7.81. The van der Waals surface area contributed by atoms with E-state index in [-0.39, 0.29) is 4.90 Å². The van der Waals surface area contributed by atoms with Gasteiger partial charge in [-0.3, -0.25) is 4.72 Å². The van der Waals surface area contributed by atoms with Crippen molar-refractivity contribution >= 4 is 33.0 Å². The molecule has 2 N–H and O–H groups in total. The van der Waals surface area contributed by atoms with E-state index >= 15 is 0 Å². The van der Waals surface area contributed by atoms with E-state index in [2.05, 4.69) is 29.1 Å². The van der Waals surface area contributed by atoms with E-state index in [1.165, 1.54) is 23.3 Å². The minimum Gasteiger partial charge on any atom is -0.381 e. The van der Waals surface area contributed by atoms with Crippen LogP contribution in [0.15, 0.2) is 77.7 Å². The van der Waals surface area contributed by atoms with Crippen molar-refractivity contribution in [2.24, 2.45) is 0 Å². The highest BCUT2D eigenvalue weighted by Gasteiger charge is 2.13. The summed E-state index contributed by atoms with van der Waals surface area (Å²) in [6.45, 7) is 2.79. The van der Waals surface area contributed by atoms with Crippen molar-refractivity contribution < 1.29 is 8.42 Å². The van der Waals surface area contributed by atoms with Gasteiger partial charge in [0.25, 0.3) is 10.0 Å². The molecule has 0 aliphatic carbocycles. The zero-order valence-corrected chi connectivity index (χ0v) is 15.8. The van der Waals surface area contributed by atoms with Gasteiger partial charge in [-0.2, -0.15) is 0 Å². The monoisotopic (exact) mass is 386 g/mol. The number of hydrogen-bond acceptors (Lipinski definition) is 3. The molecule has 0 unspecified atom stereocenters. The lowest BCUT2D eigenvalue weighted by atomic mass is 10.1. The Morgan fingerprint density at radius 2 is 1.46 bits per heavy atom. The van der Waals surface area contributed by atoms with E-state index in [1.807, 2.05) is 24.3 Å². The standard InChI is InChI=1S/C20H19ClN2O2S/c1-15-4-2-3-5-16(15)14-22-18-8-10-19(11-9-18)23-26(24,25)20-12-6-17(21)7-13-20/h2-13,22-23H,14H2,1H3. The van der Waals surface area contributed by atoms with Crippen LogP contribution >= 0.6 is 11.6 Å². The third kappa shape index (κ3) is 4.56. The molecule has 0 heterocycles. The van der Waals surface area contributed by atoms with Gasteiger partial charge < -0.3 is 5.32 Å². The molecule has 0 aromatic heterocycles. The van der Waals surface area contributed by atoms with Crippen molar-refractivity contribution in [3.05, 3.63) is 88.9 Å². The second-order valence-corrected chi connectivity index (χ2v) is 8.04. The maximum Gasteiger partial charge on any atom is 0.261 e. The minimum absolute atomic E-state index is 0.170. The predicted octanol–water partition coefficient (Wildman–Crippen LogP) is 5.06. The zero-order chi connectivity index (χ0) is 18.6. The van der Waals surface area contributed by atoms with Crippen molar-refractivity contribution in [1.82, 2.24) is 0 Å². The fourth-order valence-corrected chi connectivity index (χ4v) is 3.67. The maximum atomic E-state index is 12.4. The fourth-order valence-electron chi connectivity index (χ4n) is 2.49. The highest BCUT2D eigenvalue weighted by atomic mass is 35.5. The van der Waals surface area contributed by atoms with Gasteiger partial charge in [0, 0.05) is 22.9 Å². The van der Waals surface area contributed by atoms with Gasteiger partial charge in [-0.05, 0) is 66.6 Å². The number of halogens is 1. The Kier molecular flexibility index (Phi) is 5.49. The topological polar surface area (TPSA) is 58.2 Å². The smallest absolute Gasteiger partial charge is 0.261 e. The van der Waals surface area contributed by atoms with Gasteiger partial charge in [0.15, 0.2) is 0 Å². The summed E-state index contributed by atoms with van der Waals surface area (Å²) in [5, 5.41) is 3.83. The van der Waals surface area contributed by atoms with Gasteiger partial charge in [0.05, 0.1) is 4.90 Å². The van der Waals surface area contributed by atoms with Crippen molar-refractivity contribution in [2.75, 3.05) is 10.0 Å². The van der Waals surface area contributed by atoms with Gasteiger partial charge >= 0.3 is 0 Å². The molecule has 0 saturated carbocycles. The lowest BCUT2D eigenvalue weighted by Crippen LogP contribution is -2.12. The molecule has 6 heteroatoms. The Labute approximate surface area is 158 Å². The number of sulfonamides is 1.